The zero-order valence-corrected chi connectivity index (χ0v) is 14.1. The van der Waals surface area contributed by atoms with Gasteiger partial charge >= 0.3 is 0 Å². The molecule has 4 nitrogen and oxygen atoms in total. The maximum atomic E-state index is 9.19. The zero-order valence-electron chi connectivity index (χ0n) is 14.1. The maximum absolute atomic E-state index is 9.19. The van der Waals surface area contributed by atoms with Crippen LogP contribution in [0.3, 0.4) is 0 Å². The summed E-state index contributed by atoms with van der Waals surface area (Å²) in [7, 11) is 1.78. The first-order valence-corrected chi connectivity index (χ1v) is 8.38. The van der Waals surface area contributed by atoms with Crippen LogP contribution < -0.4 is 4.74 Å². The predicted octanol–water partition coefficient (Wildman–Crippen LogP) is 3.88. The monoisotopic (exact) mass is 312 g/mol. The smallest absolute Gasteiger partial charge is 0.205 e. The Balaban J connectivity index is 1.94. The molecule has 0 aromatic heterocycles. The van der Waals surface area contributed by atoms with Gasteiger partial charge in [0, 0.05) is 18.1 Å². The average Bonchev–Trinajstić information content (AvgIpc) is 2.82. The van der Waals surface area contributed by atoms with Crippen molar-refractivity contribution in [1.82, 2.24) is 0 Å². The number of aliphatic imine (C=N–C) groups is 1. The molecule has 0 N–H and O–H groups in total. The van der Waals surface area contributed by atoms with Crippen molar-refractivity contribution in [3.63, 3.8) is 0 Å². The van der Waals surface area contributed by atoms with Gasteiger partial charge in [-0.1, -0.05) is 6.07 Å². The number of nitriles is 1. The predicted molar refractivity (Wildman–Crippen MR) is 89.8 cm³/mol. The maximum Gasteiger partial charge on any atom is 0.205 e. The van der Waals surface area contributed by atoms with E-state index in [1.807, 2.05) is 26.1 Å². The molecule has 0 aliphatic heterocycles. The number of hydrogen-bond acceptors (Lipinski definition) is 4. The van der Waals surface area contributed by atoms with Crippen LogP contribution in [-0.2, 0) is 11.2 Å². The minimum absolute atomic E-state index is 0.00352. The molecule has 0 bridgehead atoms. The molecule has 2 aliphatic rings. The van der Waals surface area contributed by atoms with Gasteiger partial charge in [-0.25, -0.2) is 0 Å². The van der Waals surface area contributed by atoms with Gasteiger partial charge in [-0.05, 0) is 63.6 Å². The first kappa shape index (κ1) is 16.0. The van der Waals surface area contributed by atoms with E-state index in [-0.39, 0.29) is 11.5 Å². The molecule has 0 unspecified atom stereocenters. The largest absolute Gasteiger partial charge is 0.491 e. The van der Waals surface area contributed by atoms with Crippen molar-refractivity contribution in [3.05, 3.63) is 29.3 Å². The molecule has 0 atom stereocenters. The Hall–Kier alpha value is -1.86. The Morgan fingerprint density at radius 2 is 2.04 bits per heavy atom. The SMILES string of the molecule is COC1CCC2(CC1)Cc1ccc(OC(C)C)cc1C2=NC#N. The Morgan fingerprint density at radius 1 is 1.30 bits per heavy atom. The summed E-state index contributed by atoms with van der Waals surface area (Å²) >= 11 is 0. The van der Waals surface area contributed by atoms with E-state index in [1.54, 1.807) is 7.11 Å². The van der Waals surface area contributed by atoms with Crippen molar-refractivity contribution in [2.75, 3.05) is 7.11 Å². The Morgan fingerprint density at radius 3 is 2.65 bits per heavy atom. The van der Waals surface area contributed by atoms with E-state index in [2.05, 4.69) is 17.1 Å². The van der Waals surface area contributed by atoms with Gasteiger partial charge in [0.25, 0.3) is 0 Å². The summed E-state index contributed by atoms with van der Waals surface area (Å²) in [6.45, 7) is 4.04. The van der Waals surface area contributed by atoms with Crippen LogP contribution in [-0.4, -0.2) is 25.0 Å². The molecule has 1 saturated carbocycles. The molecule has 122 valence electrons. The molecule has 1 aromatic carbocycles. The third-order valence-electron chi connectivity index (χ3n) is 5.12. The molecular formula is C19H24N2O2. The quantitative estimate of drug-likeness (QED) is 0.796. The zero-order chi connectivity index (χ0) is 16.4. The molecule has 3 rings (SSSR count). The molecule has 1 aromatic rings. The van der Waals surface area contributed by atoms with Crippen LogP contribution in [0.4, 0.5) is 0 Å². The topological polar surface area (TPSA) is 54.6 Å². The number of hydrogen-bond donors (Lipinski definition) is 0. The highest BCUT2D eigenvalue weighted by molar-refractivity contribution is 6.09. The summed E-state index contributed by atoms with van der Waals surface area (Å²) in [6.07, 6.45) is 7.59. The fourth-order valence-electron chi connectivity index (χ4n) is 4.03. The van der Waals surface area contributed by atoms with Crippen LogP contribution in [0.25, 0.3) is 0 Å². The second-order valence-corrected chi connectivity index (χ2v) is 6.94. The lowest BCUT2D eigenvalue weighted by molar-refractivity contribution is 0.0468. The average molecular weight is 312 g/mol. The molecule has 0 saturated heterocycles. The van der Waals surface area contributed by atoms with Gasteiger partial charge in [-0.2, -0.15) is 10.3 Å². The number of methoxy groups -OCH3 is 1. The normalized spacial score (nSPS) is 28.1. The highest BCUT2D eigenvalue weighted by Crippen LogP contribution is 2.48. The fourth-order valence-corrected chi connectivity index (χ4v) is 4.03. The van der Waals surface area contributed by atoms with Crippen LogP contribution in [0.5, 0.6) is 5.75 Å². The van der Waals surface area contributed by atoms with Crippen LogP contribution >= 0.6 is 0 Å². The first-order valence-electron chi connectivity index (χ1n) is 8.38. The molecule has 23 heavy (non-hydrogen) atoms. The summed E-state index contributed by atoms with van der Waals surface area (Å²) < 4.78 is 11.3. The molecule has 0 radical (unpaired) electrons. The van der Waals surface area contributed by atoms with Crippen molar-refractivity contribution >= 4 is 5.71 Å². The minimum atomic E-state index is 0.00352. The number of benzene rings is 1. The summed E-state index contributed by atoms with van der Waals surface area (Å²) in [5.41, 5.74) is 3.34. The van der Waals surface area contributed by atoms with E-state index in [1.165, 1.54) is 5.56 Å². The molecule has 0 amide bonds. The van der Waals surface area contributed by atoms with Crippen LogP contribution in [0, 0.1) is 16.9 Å². The molecular weight excluding hydrogens is 288 g/mol. The van der Waals surface area contributed by atoms with Gasteiger partial charge in [0.15, 0.2) is 0 Å². The van der Waals surface area contributed by atoms with Crippen molar-refractivity contribution in [1.29, 1.82) is 5.26 Å². The van der Waals surface area contributed by atoms with E-state index in [0.717, 1.165) is 49.1 Å². The fraction of sp³-hybridized carbons (Fsp3) is 0.579. The minimum Gasteiger partial charge on any atom is -0.491 e. The van der Waals surface area contributed by atoms with Crippen LogP contribution in [0.15, 0.2) is 23.2 Å². The van der Waals surface area contributed by atoms with Gasteiger partial charge in [0.1, 0.15) is 5.75 Å². The second kappa shape index (κ2) is 6.33. The number of nitrogens with zero attached hydrogens (tertiary/aromatic N) is 2. The van der Waals surface area contributed by atoms with Crippen molar-refractivity contribution in [2.45, 2.75) is 58.2 Å². The van der Waals surface area contributed by atoms with Gasteiger partial charge < -0.3 is 9.47 Å². The number of rotatable bonds is 3. The summed E-state index contributed by atoms with van der Waals surface area (Å²) in [4.78, 5) is 4.24. The lowest BCUT2D eigenvalue weighted by Gasteiger charge is -2.36. The summed E-state index contributed by atoms with van der Waals surface area (Å²) in [5.74, 6) is 0.854. The Bertz CT molecular complexity index is 650. The Kier molecular flexibility index (Phi) is 4.41. The standard InChI is InChI=1S/C19H24N2O2/c1-13(2)23-16-5-4-14-11-19(8-6-15(22-3)7-9-19)18(21-12-20)17(14)10-16/h4-5,10,13,15H,6-9,11H2,1-3H3. The van der Waals surface area contributed by atoms with Crippen LogP contribution in [0.2, 0.25) is 0 Å². The molecule has 0 heterocycles. The number of fused-ring (bicyclic) bond motifs is 1. The van der Waals surface area contributed by atoms with Crippen molar-refractivity contribution < 1.29 is 9.47 Å². The van der Waals surface area contributed by atoms with Gasteiger partial charge in [-0.3, -0.25) is 0 Å². The van der Waals surface area contributed by atoms with Gasteiger partial charge in [-0.15, -0.1) is 0 Å². The lowest BCUT2D eigenvalue weighted by atomic mass is 9.70. The third-order valence-corrected chi connectivity index (χ3v) is 5.12. The Labute approximate surface area is 138 Å². The highest BCUT2D eigenvalue weighted by Gasteiger charge is 2.45. The van der Waals surface area contributed by atoms with Crippen LogP contribution in [0.1, 0.15) is 50.7 Å². The summed E-state index contributed by atoms with van der Waals surface area (Å²) in [6, 6.07) is 6.22. The lowest BCUT2D eigenvalue weighted by Crippen LogP contribution is -2.35. The molecule has 2 aliphatic carbocycles. The van der Waals surface area contributed by atoms with Crippen molar-refractivity contribution in [2.24, 2.45) is 10.4 Å². The van der Waals surface area contributed by atoms with E-state index in [9.17, 15) is 5.26 Å². The molecule has 1 fully saturated rings. The molecule has 1 spiro atoms. The molecule has 4 heteroatoms. The van der Waals surface area contributed by atoms with Crippen molar-refractivity contribution in [3.8, 4) is 11.9 Å². The summed E-state index contributed by atoms with van der Waals surface area (Å²) in [5, 5.41) is 9.19. The number of ether oxygens (including phenoxy) is 2. The van der Waals surface area contributed by atoms with Gasteiger partial charge in [0.2, 0.25) is 6.19 Å². The van der Waals surface area contributed by atoms with Gasteiger partial charge in [0.05, 0.1) is 17.9 Å². The second-order valence-electron chi connectivity index (χ2n) is 6.94. The highest BCUT2D eigenvalue weighted by atomic mass is 16.5. The van der Waals surface area contributed by atoms with E-state index >= 15 is 0 Å². The third kappa shape index (κ3) is 2.98. The van der Waals surface area contributed by atoms with E-state index in [0.29, 0.717) is 6.10 Å². The van der Waals surface area contributed by atoms with E-state index < -0.39 is 0 Å². The first-order chi connectivity index (χ1) is 11.1. The van der Waals surface area contributed by atoms with E-state index in [4.69, 9.17) is 9.47 Å².